The molecule has 0 aliphatic rings. The summed E-state index contributed by atoms with van der Waals surface area (Å²) in [6, 6.07) is 15.1. The summed E-state index contributed by atoms with van der Waals surface area (Å²) < 4.78 is 4.73. The lowest BCUT2D eigenvalue weighted by Gasteiger charge is -2.12. The first kappa shape index (κ1) is 15.7. The molecule has 0 bridgehead atoms. The van der Waals surface area contributed by atoms with Gasteiger partial charge in [0.25, 0.3) is 0 Å². The maximum Gasteiger partial charge on any atom is 0.356 e. The quantitative estimate of drug-likeness (QED) is 0.748. The zero-order valence-corrected chi connectivity index (χ0v) is 13.5. The number of esters is 1. The molecule has 0 radical (unpaired) electrons. The van der Waals surface area contributed by atoms with Crippen LogP contribution in [-0.4, -0.2) is 23.0 Å². The Morgan fingerprint density at radius 3 is 2.50 bits per heavy atom. The predicted octanol–water partition coefficient (Wildman–Crippen LogP) is 3.49. The third-order valence-corrected chi connectivity index (χ3v) is 3.72. The molecule has 0 aliphatic heterocycles. The number of nitrogen functional groups attached to an aromatic ring is 1. The Kier molecular flexibility index (Phi) is 4.24. The topological polar surface area (TPSA) is 78.1 Å². The molecule has 120 valence electrons. The monoisotopic (exact) mass is 319 g/mol. The summed E-state index contributed by atoms with van der Waals surface area (Å²) in [7, 11) is 1.33. The first-order valence-electron chi connectivity index (χ1n) is 7.47. The van der Waals surface area contributed by atoms with E-state index >= 15 is 0 Å². The van der Waals surface area contributed by atoms with E-state index in [0.717, 1.165) is 22.4 Å². The van der Waals surface area contributed by atoms with Crippen molar-refractivity contribution in [2.24, 2.45) is 0 Å². The van der Waals surface area contributed by atoms with E-state index in [1.165, 1.54) is 7.11 Å². The van der Waals surface area contributed by atoms with Crippen molar-refractivity contribution in [3.63, 3.8) is 0 Å². The molecule has 3 aromatic rings. The van der Waals surface area contributed by atoms with Gasteiger partial charge in [-0.15, -0.1) is 0 Å². The van der Waals surface area contributed by atoms with Crippen molar-refractivity contribution in [1.82, 2.24) is 9.97 Å². The van der Waals surface area contributed by atoms with Crippen LogP contribution in [0.1, 0.15) is 16.1 Å². The van der Waals surface area contributed by atoms with Crippen molar-refractivity contribution in [1.29, 1.82) is 0 Å². The van der Waals surface area contributed by atoms with Crippen molar-refractivity contribution in [2.75, 3.05) is 12.8 Å². The van der Waals surface area contributed by atoms with Crippen molar-refractivity contribution >= 4 is 11.7 Å². The third kappa shape index (κ3) is 2.96. The molecule has 24 heavy (non-hydrogen) atoms. The number of ether oxygens (including phenoxy) is 1. The summed E-state index contributed by atoms with van der Waals surface area (Å²) in [5.74, 6) is -0.478. The SMILES string of the molecule is COC(=O)c1cc(-c2nc(-c3ccccc3)c(N)cc2C)ccn1. The highest BCUT2D eigenvalue weighted by Gasteiger charge is 2.14. The van der Waals surface area contributed by atoms with Crippen LogP contribution >= 0.6 is 0 Å². The molecule has 5 heteroatoms. The number of pyridine rings is 2. The molecule has 0 unspecified atom stereocenters. The van der Waals surface area contributed by atoms with Gasteiger partial charge in [-0.1, -0.05) is 30.3 Å². The number of anilines is 1. The van der Waals surface area contributed by atoms with E-state index in [9.17, 15) is 4.79 Å². The van der Waals surface area contributed by atoms with E-state index in [2.05, 4.69) is 4.98 Å². The Morgan fingerprint density at radius 1 is 1.04 bits per heavy atom. The number of benzene rings is 1. The van der Waals surface area contributed by atoms with Gasteiger partial charge in [-0.2, -0.15) is 0 Å². The highest BCUT2D eigenvalue weighted by Crippen LogP contribution is 2.30. The normalized spacial score (nSPS) is 10.4. The molecule has 5 nitrogen and oxygen atoms in total. The van der Waals surface area contributed by atoms with Gasteiger partial charge in [0.2, 0.25) is 0 Å². The standard InChI is InChI=1S/C19H17N3O2/c1-12-10-15(20)18(13-6-4-3-5-7-13)22-17(12)14-8-9-21-16(11-14)19(23)24-2/h3-11H,20H2,1-2H3. The molecule has 0 fully saturated rings. The summed E-state index contributed by atoms with van der Waals surface area (Å²) in [5.41, 5.74) is 11.1. The average Bonchev–Trinajstić information content (AvgIpc) is 2.62. The number of aromatic nitrogens is 2. The largest absolute Gasteiger partial charge is 0.464 e. The van der Waals surface area contributed by atoms with E-state index in [1.807, 2.05) is 49.4 Å². The minimum Gasteiger partial charge on any atom is -0.464 e. The number of nitrogens with zero attached hydrogens (tertiary/aromatic N) is 2. The number of rotatable bonds is 3. The van der Waals surface area contributed by atoms with Crippen LogP contribution < -0.4 is 5.73 Å². The van der Waals surface area contributed by atoms with Gasteiger partial charge < -0.3 is 10.5 Å². The fourth-order valence-electron chi connectivity index (χ4n) is 2.55. The molecule has 0 spiro atoms. The van der Waals surface area contributed by atoms with Gasteiger partial charge in [0.1, 0.15) is 5.69 Å². The highest BCUT2D eigenvalue weighted by molar-refractivity contribution is 5.89. The van der Waals surface area contributed by atoms with Gasteiger partial charge >= 0.3 is 5.97 Å². The number of carbonyl (C=O) groups excluding carboxylic acids is 1. The number of hydrogen-bond acceptors (Lipinski definition) is 5. The first-order valence-corrected chi connectivity index (χ1v) is 7.47. The van der Waals surface area contributed by atoms with Crippen molar-refractivity contribution in [3.05, 3.63) is 66.0 Å². The van der Waals surface area contributed by atoms with E-state index in [4.69, 9.17) is 15.5 Å². The van der Waals surface area contributed by atoms with E-state index in [-0.39, 0.29) is 5.69 Å². The lowest BCUT2D eigenvalue weighted by Crippen LogP contribution is -2.04. The number of aryl methyl sites for hydroxylation is 1. The zero-order valence-electron chi connectivity index (χ0n) is 13.5. The molecule has 1 aromatic carbocycles. The van der Waals surface area contributed by atoms with E-state index in [0.29, 0.717) is 11.4 Å². The third-order valence-electron chi connectivity index (χ3n) is 3.72. The summed E-state index contributed by atoms with van der Waals surface area (Å²) in [5, 5.41) is 0. The van der Waals surface area contributed by atoms with Gasteiger partial charge in [-0.25, -0.2) is 14.8 Å². The van der Waals surface area contributed by atoms with Gasteiger partial charge in [-0.05, 0) is 30.7 Å². The molecular weight excluding hydrogens is 302 g/mol. The minimum atomic E-state index is -0.478. The van der Waals surface area contributed by atoms with Crippen LogP contribution in [0.15, 0.2) is 54.7 Å². The maximum atomic E-state index is 11.7. The Hall–Kier alpha value is -3.21. The molecule has 2 N–H and O–H groups in total. The Labute approximate surface area is 140 Å². The van der Waals surface area contributed by atoms with Crippen LogP contribution in [0.3, 0.4) is 0 Å². The molecule has 3 rings (SSSR count). The van der Waals surface area contributed by atoms with E-state index < -0.39 is 5.97 Å². The lowest BCUT2D eigenvalue weighted by atomic mass is 10.0. The van der Waals surface area contributed by atoms with Crippen LogP contribution in [0.5, 0.6) is 0 Å². The van der Waals surface area contributed by atoms with Crippen molar-refractivity contribution < 1.29 is 9.53 Å². The van der Waals surface area contributed by atoms with Crippen LogP contribution in [-0.2, 0) is 4.74 Å². The second kappa shape index (κ2) is 6.50. The fraction of sp³-hybridized carbons (Fsp3) is 0.105. The minimum absolute atomic E-state index is 0.245. The predicted molar refractivity (Wildman–Crippen MR) is 93.4 cm³/mol. The molecule has 2 heterocycles. The average molecular weight is 319 g/mol. The van der Waals surface area contributed by atoms with Gasteiger partial charge in [0.15, 0.2) is 0 Å². The maximum absolute atomic E-state index is 11.7. The second-order valence-corrected chi connectivity index (χ2v) is 5.38. The summed E-state index contributed by atoms with van der Waals surface area (Å²) in [4.78, 5) is 20.5. The Balaban J connectivity index is 2.14. The van der Waals surface area contributed by atoms with Gasteiger partial charge in [0, 0.05) is 17.3 Å². The summed E-state index contributed by atoms with van der Waals surface area (Å²) >= 11 is 0. The Bertz CT molecular complexity index is 892. The first-order chi connectivity index (χ1) is 11.6. The molecule has 0 saturated heterocycles. The van der Waals surface area contributed by atoms with Crippen LogP contribution in [0, 0.1) is 6.92 Å². The van der Waals surface area contributed by atoms with Gasteiger partial charge in [0.05, 0.1) is 24.2 Å². The molecule has 0 atom stereocenters. The number of hydrogen-bond donors (Lipinski definition) is 1. The smallest absolute Gasteiger partial charge is 0.356 e. The van der Waals surface area contributed by atoms with Crippen LogP contribution in [0.25, 0.3) is 22.5 Å². The number of carbonyl (C=O) groups is 1. The fourth-order valence-corrected chi connectivity index (χ4v) is 2.55. The summed E-state index contributed by atoms with van der Waals surface area (Å²) in [6.45, 7) is 1.94. The molecular formula is C19H17N3O2. The van der Waals surface area contributed by atoms with E-state index in [1.54, 1.807) is 12.3 Å². The summed E-state index contributed by atoms with van der Waals surface area (Å²) in [6.07, 6.45) is 1.57. The second-order valence-electron chi connectivity index (χ2n) is 5.38. The molecule has 0 saturated carbocycles. The Morgan fingerprint density at radius 2 is 1.79 bits per heavy atom. The number of methoxy groups -OCH3 is 1. The number of nitrogens with two attached hydrogens (primary N) is 1. The van der Waals surface area contributed by atoms with Crippen LogP contribution in [0.4, 0.5) is 5.69 Å². The van der Waals surface area contributed by atoms with Crippen molar-refractivity contribution in [2.45, 2.75) is 6.92 Å². The highest BCUT2D eigenvalue weighted by atomic mass is 16.5. The van der Waals surface area contributed by atoms with Gasteiger partial charge in [-0.3, -0.25) is 0 Å². The lowest BCUT2D eigenvalue weighted by molar-refractivity contribution is 0.0594. The molecule has 0 amide bonds. The molecule has 0 aliphatic carbocycles. The van der Waals surface area contributed by atoms with Crippen LogP contribution in [0.2, 0.25) is 0 Å². The molecule has 2 aromatic heterocycles. The zero-order chi connectivity index (χ0) is 17.1. The van der Waals surface area contributed by atoms with Crippen molar-refractivity contribution in [3.8, 4) is 22.5 Å².